The molecule has 1 fully saturated rings. The second kappa shape index (κ2) is 5.73. The van der Waals surface area contributed by atoms with E-state index < -0.39 is 9.85 Å². The largest absolute Gasteiger partial charge is 0.440 e. The van der Waals surface area contributed by atoms with Crippen molar-refractivity contribution in [1.29, 1.82) is 0 Å². The minimum Gasteiger partial charge on any atom is -0.440 e. The number of nitro benzene ring substituents is 2. The fraction of sp³-hybridized carbons (Fsp3) is 0.176. The number of hydrogen-bond donors (Lipinski definition) is 0. The van der Waals surface area contributed by atoms with Crippen LogP contribution in [-0.2, 0) is 4.79 Å². The summed E-state index contributed by atoms with van der Waals surface area (Å²) in [6, 6.07) is 10.2. The maximum absolute atomic E-state index is 11.4. The van der Waals surface area contributed by atoms with Gasteiger partial charge in [0.05, 0.1) is 21.8 Å². The van der Waals surface area contributed by atoms with Gasteiger partial charge in [0.25, 0.3) is 11.4 Å². The van der Waals surface area contributed by atoms with Gasteiger partial charge in [0.15, 0.2) is 11.5 Å². The van der Waals surface area contributed by atoms with Crippen molar-refractivity contribution in [3.05, 3.63) is 74.1 Å². The molecule has 2 aromatic carbocycles. The highest BCUT2D eigenvalue weighted by Crippen LogP contribution is 2.59. The minimum atomic E-state index is -0.521. The standard InChI is InChI=1S/C17H11N3O6/c21-8-12-15(9-1-3-10(4-2-9)19(22)23)16(12)17-18-13-6-5-11(20(24)25)7-14(13)26-17/h1-8,12,15-16H/t12-,15-,16+/m1/s1. The van der Waals surface area contributed by atoms with E-state index >= 15 is 0 Å². The fourth-order valence-corrected chi connectivity index (χ4v) is 3.26. The van der Waals surface area contributed by atoms with Crippen LogP contribution in [0.4, 0.5) is 11.4 Å². The number of carbonyl (C=O) groups is 1. The van der Waals surface area contributed by atoms with Crippen molar-refractivity contribution in [3.63, 3.8) is 0 Å². The number of fused-ring (bicyclic) bond motifs is 1. The summed E-state index contributed by atoms with van der Waals surface area (Å²) in [6.45, 7) is 0. The number of nitrogens with zero attached hydrogens (tertiary/aromatic N) is 3. The van der Waals surface area contributed by atoms with Gasteiger partial charge in [0.1, 0.15) is 11.8 Å². The van der Waals surface area contributed by atoms with E-state index in [2.05, 4.69) is 4.98 Å². The third kappa shape index (κ3) is 2.50. The van der Waals surface area contributed by atoms with Gasteiger partial charge in [-0.3, -0.25) is 20.2 Å². The van der Waals surface area contributed by atoms with E-state index in [1.54, 1.807) is 12.1 Å². The molecule has 9 heteroatoms. The van der Waals surface area contributed by atoms with Gasteiger partial charge in [-0.15, -0.1) is 0 Å². The Morgan fingerprint density at radius 2 is 1.62 bits per heavy atom. The Labute approximate surface area is 145 Å². The Balaban J connectivity index is 1.66. The SMILES string of the molecule is O=C[C@@H]1[C@@H](c2ccc([N+](=O)[O-])cc2)[C@H]1c1nc2ccc([N+](=O)[O-])cc2o1. The van der Waals surface area contributed by atoms with Crippen molar-refractivity contribution in [2.75, 3.05) is 0 Å². The van der Waals surface area contributed by atoms with Gasteiger partial charge in [-0.2, -0.15) is 0 Å². The second-order valence-electron chi connectivity index (χ2n) is 6.07. The van der Waals surface area contributed by atoms with Crippen LogP contribution < -0.4 is 0 Å². The van der Waals surface area contributed by atoms with Crippen LogP contribution >= 0.6 is 0 Å². The molecule has 1 aliphatic rings. The first kappa shape index (κ1) is 15.9. The third-order valence-corrected chi connectivity index (χ3v) is 4.61. The van der Waals surface area contributed by atoms with Gasteiger partial charge in [-0.25, -0.2) is 4.98 Å². The first-order chi connectivity index (χ1) is 12.5. The van der Waals surface area contributed by atoms with Crippen molar-refractivity contribution in [1.82, 2.24) is 4.98 Å². The van der Waals surface area contributed by atoms with Crippen LogP contribution in [0.15, 0.2) is 46.9 Å². The molecule has 1 saturated carbocycles. The first-order valence-corrected chi connectivity index (χ1v) is 7.74. The number of oxazole rings is 1. The number of non-ortho nitro benzene ring substituents is 2. The zero-order valence-corrected chi connectivity index (χ0v) is 13.1. The Kier molecular flexibility index (Phi) is 3.50. The summed E-state index contributed by atoms with van der Waals surface area (Å²) in [7, 11) is 0. The van der Waals surface area contributed by atoms with Crippen LogP contribution in [0.25, 0.3) is 11.1 Å². The first-order valence-electron chi connectivity index (χ1n) is 7.74. The average molecular weight is 353 g/mol. The van der Waals surface area contributed by atoms with Gasteiger partial charge in [-0.1, -0.05) is 12.1 Å². The quantitative estimate of drug-likeness (QED) is 0.390. The maximum atomic E-state index is 11.4. The normalized spacial score (nSPS) is 21.5. The van der Waals surface area contributed by atoms with E-state index in [0.29, 0.717) is 11.4 Å². The molecule has 1 aliphatic carbocycles. The Morgan fingerprint density at radius 3 is 2.23 bits per heavy atom. The van der Waals surface area contributed by atoms with E-state index in [9.17, 15) is 25.0 Å². The molecule has 3 aromatic rings. The number of hydrogen-bond acceptors (Lipinski definition) is 7. The van der Waals surface area contributed by atoms with Gasteiger partial charge < -0.3 is 9.21 Å². The summed E-state index contributed by atoms with van der Waals surface area (Å²) in [5, 5.41) is 21.6. The molecule has 0 bridgehead atoms. The van der Waals surface area contributed by atoms with Gasteiger partial charge in [0, 0.05) is 30.0 Å². The number of rotatable bonds is 5. The smallest absolute Gasteiger partial charge is 0.273 e. The number of benzene rings is 2. The third-order valence-electron chi connectivity index (χ3n) is 4.61. The lowest BCUT2D eigenvalue weighted by Gasteiger charge is -1.98. The molecule has 0 amide bonds. The Morgan fingerprint density at radius 1 is 0.962 bits per heavy atom. The topological polar surface area (TPSA) is 129 Å². The molecule has 0 N–H and O–H groups in total. The monoisotopic (exact) mass is 353 g/mol. The molecule has 1 heterocycles. The van der Waals surface area contributed by atoms with E-state index in [-0.39, 0.29) is 34.7 Å². The number of aldehydes is 1. The molecule has 4 rings (SSSR count). The van der Waals surface area contributed by atoms with Crippen LogP contribution in [0.5, 0.6) is 0 Å². The van der Waals surface area contributed by atoms with E-state index in [0.717, 1.165) is 11.8 Å². The van der Waals surface area contributed by atoms with E-state index in [1.807, 2.05) is 0 Å². The van der Waals surface area contributed by atoms with Crippen LogP contribution in [0, 0.1) is 26.1 Å². The molecule has 0 saturated heterocycles. The predicted octanol–water partition coefficient (Wildman–Crippen LogP) is 3.34. The summed E-state index contributed by atoms with van der Waals surface area (Å²) in [5.41, 5.74) is 1.42. The lowest BCUT2D eigenvalue weighted by molar-refractivity contribution is -0.385. The van der Waals surface area contributed by atoms with Gasteiger partial charge >= 0.3 is 0 Å². The van der Waals surface area contributed by atoms with Crippen molar-refractivity contribution < 1.29 is 19.1 Å². The predicted molar refractivity (Wildman–Crippen MR) is 88.8 cm³/mol. The molecular weight excluding hydrogens is 342 g/mol. The lowest BCUT2D eigenvalue weighted by Crippen LogP contribution is -1.89. The van der Waals surface area contributed by atoms with Crippen molar-refractivity contribution in [2.24, 2.45) is 5.92 Å². The summed E-state index contributed by atoms with van der Waals surface area (Å²) >= 11 is 0. The van der Waals surface area contributed by atoms with Crippen molar-refractivity contribution >= 4 is 28.8 Å². The number of carbonyl (C=O) groups excluding carboxylic acids is 1. The van der Waals surface area contributed by atoms with Gasteiger partial charge in [-0.05, 0) is 11.6 Å². The number of aromatic nitrogens is 1. The summed E-state index contributed by atoms with van der Waals surface area (Å²) in [6.07, 6.45) is 0.814. The lowest BCUT2D eigenvalue weighted by atomic mass is 10.1. The van der Waals surface area contributed by atoms with Gasteiger partial charge in [0.2, 0.25) is 0 Å². The maximum Gasteiger partial charge on any atom is 0.273 e. The molecule has 0 radical (unpaired) electrons. The van der Waals surface area contributed by atoms with E-state index in [1.165, 1.54) is 30.3 Å². The molecule has 1 aromatic heterocycles. The van der Waals surface area contributed by atoms with E-state index in [4.69, 9.17) is 4.42 Å². The molecule has 0 unspecified atom stereocenters. The minimum absolute atomic E-state index is 0.0252. The summed E-state index contributed by atoms with van der Waals surface area (Å²) < 4.78 is 5.65. The zero-order chi connectivity index (χ0) is 18.4. The van der Waals surface area contributed by atoms with Crippen molar-refractivity contribution in [2.45, 2.75) is 11.8 Å². The second-order valence-corrected chi connectivity index (χ2v) is 6.07. The Hall–Kier alpha value is -3.62. The average Bonchev–Trinajstić information content (AvgIpc) is 3.22. The fourth-order valence-electron chi connectivity index (χ4n) is 3.26. The molecule has 9 nitrogen and oxygen atoms in total. The zero-order valence-electron chi connectivity index (χ0n) is 13.1. The molecule has 3 atom stereocenters. The van der Waals surface area contributed by atoms with Crippen LogP contribution in [0.2, 0.25) is 0 Å². The number of nitro groups is 2. The molecular formula is C17H11N3O6. The molecule has 0 aliphatic heterocycles. The van der Waals surface area contributed by atoms with Crippen LogP contribution in [-0.4, -0.2) is 21.1 Å². The Bertz CT molecular complexity index is 1040. The molecule has 26 heavy (non-hydrogen) atoms. The highest BCUT2D eigenvalue weighted by atomic mass is 16.6. The highest BCUT2D eigenvalue weighted by Gasteiger charge is 2.54. The van der Waals surface area contributed by atoms with Crippen LogP contribution in [0.3, 0.4) is 0 Å². The summed E-state index contributed by atoms with van der Waals surface area (Å²) in [4.78, 5) is 36.3. The summed E-state index contributed by atoms with van der Waals surface area (Å²) in [5.74, 6) is -0.489. The van der Waals surface area contributed by atoms with Crippen molar-refractivity contribution in [3.8, 4) is 0 Å². The molecule has 130 valence electrons. The van der Waals surface area contributed by atoms with Crippen LogP contribution in [0.1, 0.15) is 23.3 Å². The molecule has 0 spiro atoms. The highest BCUT2D eigenvalue weighted by molar-refractivity contribution is 5.76.